The van der Waals surface area contributed by atoms with Crippen molar-refractivity contribution in [2.24, 2.45) is 0 Å². The molecular weight excluding hydrogens is 352 g/mol. The smallest absolute Gasteiger partial charge is 0.356 e. The number of hydrogen-bond acceptors (Lipinski definition) is 3. The standard InChI is InChI=1S/C23H18N2O3/c26-23(27)21-15-22(25(24-21)19-9-5-2-6-10-19)18-11-13-20(14-12-18)28-16-17-7-3-1-4-8-17/h1-15H,16H2,(H,26,27). The molecule has 1 N–H and O–H groups in total. The molecule has 5 heteroatoms. The van der Waals surface area contributed by atoms with Crippen LogP contribution >= 0.6 is 0 Å². The molecule has 0 bridgehead atoms. The molecule has 3 aromatic carbocycles. The van der Waals surface area contributed by atoms with Crippen molar-refractivity contribution in [2.45, 2.75) is 6.61 Å². The zero-order chi connectivity index (χ0) is 19.3. The average Bonchev–Trinajstić information content (AvgIpc) is 3.20. The third-order valence-corrected chi connectivity index (χ3v) is 4.33. The molecule has 1 aromatic heterocycles. The molecule has 0 aliphatic heterocycles. The first-order chi connectivity index (χ1) is 13.7. The summed E-state index contributed by atoms with van der Waals surface area (Å²) in [5.41, 5.74) is 3.46. The van der Waals surface area contributed by atoms with E-state index in [9.17, 15) is 9.90 Å². The molecule has 0 aliphatic rings. The first-order valence-electron chi connectivity index (χ1n) is 8.86. The Morgan fingerprint density at radius 1 is 0.893 bits per heavy atom. The molecule has 0 atom stereocenters. The van der Waals surface area contributed by atoms with Crippen molar-refractivity contribution in [3.05, 3.63) is 102 Å². The molecular formula is C23H18N2O3. The maximum Gasteiger partial charge on any atom is 0.356 e. The lowest BCUT2D eigenvalue weighted by Gasteiger charge is -2.09. The van der Waals surface area contributed by atoms with E-state index >= 15 is 0 Å². The van der Waals surface area contributed by atoms with Crippen LogP contribution in [0, 0.1) is 0 Å². The number of hydrogen-bond donors (Lipinski definition) is 1. The van der Waals surface area contributed by atoms with E-state index in [1.807, 2.05) is 84.9 Å². The van der Waals surface area contributed by atoms with Crippen LogP contribution in [0.15, 0.2) is 91.0 Å². The Kier molecular flexibility index (Phi) is 4.89. The second-order valence-electron chi connectivity index (χ2n) is 6.27. The molecule has 0 spiro atoms. The Morgan fingerprint density at radius 3 is 2.18 bits per heavy atom. The van der Waals surface area contributed by atoms with Crippen LogP contribution < -0.4 is 4.74 Å². The minimum absolute atomic E-state index is 0.00302. The van der Waals surface area contributed by atoms with Crippen molar-refractivity contribution in [3.8, 4) is 22.7 Å². The minimum Gasteiger partial charge on any atom is -0.489 e. The zero-order valence-corrected chi connectivity index (χ0v) is 15.0. The second-order valence-corrected chi connectivity index (χ2v) is 6.27. The van der Waals surface area contributed by atoms with Crippen molar-refractivity contribution in [1.82, 2.24) is 9.78 Å². The Morgan fingerprint density at radius 2 is 1.54 bits per heavy atom. The van der Waals surface area contributed by atoms with Gasteiger partial charge in [0.05, 0.1) is 11.4 Å². The van der Waals surface area contributed by atoms with Gasteiger partial charge in [0.25, 0.3) is 0 Å². The summed E-state index contributed by atoms with van der Waals surface area (Å²) in [6, 6.07) is 28.6. The van der Waals surface area contributed by atoms with E-state index in [0.717, 1.165) is 22.6 Å². The number of nitrogens with zero attached hydrogens (tertiary/aromatic N) is 2. The maximum absolute atomic E-state index is 11.4. The van der Waals surface area contributed by atoms with Gasteiger partial charge in [-0.2, -0.15) is 5.10 Å². The highest BCUT2D eigenvalue weighted by molar-refractivity contribution is 5.87. The Labute approximate surface area is 162 Å². The predicted octanol–water partition coefficient (Wildman–Crippen LogP) is 4.82. The fourth-order valence-electron chi connectivity index (χ4n) is 2.92. The summed E-state index contributed by atoms with van der Waals surface area (Å²) >= 11 is 0. The van der Waals surface area contributed by atoms with E-state index in [-0.39, 0.29) is 5.69 Å². The van der Waals surface area contributed by atoms with Crippen molar-refractivity contribution < 1.29 is 14.6 Å². The minimum atomic E-state index is -1.06. The molecule has 1 heterocycles. The fourth-order valence-corrected chi connectivity index (χ4v) is 2.92. The lowest BCUT2D eigenvalue weighted by molar-refractivity contribution is 0.0690. The largest absolute Gasteiger partial charge is 0.489 e. The summed E-state index contributed by atoms with van der Waals surface area (Å²) in [4.78, 5) is 11.4. The Hall–Kier alpha value is -3.86. The van der Waals surface area contributed by atoms with Crippen LogP contribution in [-0.2, 0) is 6.61 Å². The Balaban J connectivity index is 1.61. The average molecular weight is 370 g/mol. The van der Waals surface area contributed by atoms with Gasteiger partial charge in [-0.15, -0.1) is 0 Å². The predicted molar refractivity (Wildman–Crippen MR) is 107 cm³/mol. The molecule has 0 unspecified atom stereocenters. The maximum atomic E-state index is 11.4. The van der Waals surface area contributed by atoms with Gasteiger partial charge in [0.1, 0.15) is 12.4 Å². The van der Waals surface area contributed by atoms with Crippen molar-refractivity contribution in [2.75, 3.05) is 0 Å². The van der Waals surface area contributed by atoms with Gasteiger partial charge in [-0.3, -0.25) is 0 Å². The van der Waals surface area contributed by atoms with Crippen molar-refractivity contribution in [3.63, 3.8) is 0 Å². The number of para-hydroxylation sites is 1. The lowest BCUT2D eigenvalue weighted by atomic mass is 10.1. The van der Waals surface area contributed by atoms with Gasteiger partial charge in [0, 0.05) is 5.56 Å². The summed E-state index contributed by atoms with van der Waals surface area (Å²) in [6.45, 7) is 0.491. The monoisotopic (exact) mass is 370 g/mol. The van der Waals surface area contributed by atoms with Crippen LogP contribution in [0.2, 0.25) is 0 Å². The van der Waals surface area contributed by atoms with Gasteiger partial charge in [0.15, 0.2) is 5.69 Å². The van der Waals surface area contributed by atoms with Crippen molar-refractivity contribution in [1.29, 1.82) is 0 Å². The highest BCUT2D eigenvalue weighted by Crippen LogP contribution is 2.26. The first-order valence-corrected chi connectivity index (χ1v) is 8.86. The highest BCUT2D eigenvalue weighted by Gasteiger charge is 2.16. The quantitative estimate of drug-likeness (QED) is 0.529. The number of carbonyl (C=O) groups is 1. The molecule has 0 amide bonds. The number of aromatic nitrogens is 2. The summed E-state index contributed by atoms with van der Waals surface area (Å²) in [7, 11) is 0. The van der Waals surface area contributed by atoms with E-state index in [1.54, 1.807) is 10.7 Å². The molecule has 138 valence electrons. The molecule has 5 nitrogen and oxygen atoms in total. The zero-order valence-electron chi connectivity index (χ0n) is 15.0. The molecule has 4 rings (SSSR count). The number of aromatic carboxylic acids is 1. The third kappa shape index (κ3) is 3.78. The van der Waals surface area contributed by atoms with E-state index in [0.29, 0.717) is 12.3 Å². The number of ether oxygens (including phenoxy) is 1. The Bertz CT molecular complexity index is 1070. The van der Waals surface area contributed by atoms with Gasteiger partial charge in [-0.1, -0.05) is 48.5 Å². The number of carboxylic acids is 1. The number of rotatable bonds is 6. The first kappa shape index (κ1) is 17.5. The topological polar surface area (TPSA) is 64.3 Å². The number of benzene rings is 3. The van der Waals surface area contributed by atoms with Crippen LogP contribution in [0.5, 0.6) is 5.75 Å². The summed E-state index contributed by atoms with van der Waals surface area (Å²) in [5, 5.41) is 13.6. The van der Waals surface area contributed by atoms with E-state index < -0.39 is 5.97 Å². The van der Waals surface area contributed by atoms with Crippen LogP contribution in [0.25, 0.3) is 16.9 Å². The van der Waals surface area contributed by atoms with Crippen LogP contribution in [0.4, 0.5) is 0 Å². The number of carboxylic acid groups (broad SMARTS) is 1. The second kappa shape index (κ2) is 7.80. The normalized spacial score (nSPS) is 10.6. The van der Waals surface area contributed by atoms with Gasteiger partial charge in [-0.05, 0) is 48.0 Å². The molecule has 4 aromatic rings. The summed E-state index contributed by atoms with van der Waals surface area (Å²) < 4.78 is 7.47. The molecule has 0 fully saturated rings. The molecule has 0 saturated carbocycles. The summed E-state index contributed by atoms with van der Waals surface area (Å²) in [6.07, 6.45) is 0. The lowest BCUT2D eigenvalue weighted by Crippen LogP contribution is -2.02. The van der Waals surface area contributed by atoms with Crippen LogP contribution in [-0.4, -0.2) is 20.9 Å². The van der Waals surface area contributed by atoms with Crippen LogP contribution in [0.1, 0.15) is 16.1 Å². The third-order valence-electron chi connectivity index (χ3n) is 4.33. The van der Waals surface area contributed by atoms with Gasteiger partial charge < -0.3 is 9.84 Å². The summed E-state index contributed by atoms with van der Waals surface area (Å²) in [5.74, 6) is -0.310. The van der Waals surface area contributed by atoms with Crippen LogP contribution in [0.3, 0.4) is 0 Å². The highest BCUT2D eigenvalue weighted by atomic mass is 16.5. The van der Waals surface area contributed by atoms with Gasteiger partial charge >= 0.3 is 5.97 Å². The fraction of sp³-hybridized carbons (Fsp3) is 0.0435. The van der Waals surface area contributed by atoms with Gasteiger partial charge in [0.2, 0.25) is 0 Å². The van der Waals surface area contributed by atoms with Crippen molar-refractivity contribution >= 4 is 5.97 Å². The van der Waals surface area contributed by atoms with E-state index in [1.165, 1.54) is 0 Å². The molecule has 0 saturated heterocycles. The van der Waals surface area contributed by atoms with E-state index in [2.05, 4.69) is 5.10 Å². The SMILES string of the molecule is O=C(O)c1cc(-c2ccc(OCc3ccccc3)cc2)n(-c2ccccc2)n1. The molecule has 0 radical (unpaired) electrons. The van der Waals surface area contributed by atoms with Gasteiger partial charge in [-0.25, -0.2) is 9.48 Å². The molecule has 0 aliphatic carbocycles. The van der Waals surface area contributed by atoms with E-state index in [4.69, 9.17) is 4.74 Å². The molecule has 28 heavy (non-hydrogen) atoms.